The molecule has 2 N–H and O–H groups in total. The highest BCUT2D eigenvalue weighted by atomic mass is 35.5. The molecule has 0 saturated heterocycles. The van der Waals surface area contributed by atoms with Crippen LogP contribution in [0.25, 0.3) is 11.3 Å². The zero-order valence-corrected chi connectivity index (χ0v) is 15.0. The largest absolute Gasteiger partial charge is 0.465 e. The van der Waals surface area contributed by atoms with Crippen molar-refractivity contribution in [3.05, 3.63) is 87.2 Å². The topological polar surface area (TPSA) is 88.3 Å². The summed E-state index contributed by atoms with van der Waals surface area (Å²) in [5.41, 5.74) is 1.16. The summed E-state index contributed by atoms with van der Waals surface area (Å²) in [5.74, 6) is -1.21. The number of pyridine rings is 1. The van der Waals surface area contributed by atoms with Crippen molar-refractivity contribution in [3.8, 4) is 11.3 Å². The Bertz CT molecular complexity index is 1060. The van der Waals surface area contributed by atoms with Crippen LogP contribution in [0.5, 0.6) is 0 Å². The lowest BCUT2D eigenvalue weighted by Gasteiger charge is -2.10. The number of amides is 1. The van der Waals surface area contributed by atoms with E-state index < -0.39 is 17.4 Å². The molecule has 0 aliphatic carbocycles. The molecule has 0 atom stereocenters. The molecule has 6 nitrogen and oxygen atoms in total. The summed E-state index contributed by atoms with van der Waals surface area (Å²) in [5, 5.41) is 3.16. The van der Waals surface area contributed by atoms with E-state index >= 15 is 0 Å². The first-order valence-corrected chi connectivity index (χ1v) is 8.35. The SMILES string of the molecule is COC(=O)c1ccccc1NC(=O)c1ccc(-c2ccc(Cl)cc2)[nH]c1=O. The summed E-state index contributed by atoms with van der Waals surface area (Å²) in [6, 6.07) is 16.4. The van der Waals surface area contributed by atoms with Crippen molar-refractivity contribution in [2.45, 2.75) is 0 Å². The van der Waals surface area contributed by atoms with E-state index in [0.717, 1.165) is 5.56 Å². The highest BCUT2D eigenvalue weighted by Gasteiger charge is 2.16. The molecule has 1 aromatic heterocycles. The second-order valence-corrected chi connectivity index (χ2v) is 6.05. The fourth-order valence-electron chi connectivity index (χ4n) is 2.52. The minimum atomic E-state index is -0.629. The Balaban J connectivity index is 1.87. The first-order valence-electron chi connectivity index (χ1n) is 7.97. The van der Waals surface area contributed by atoms with Crippen molar-refractivity contribution in [1.29, 1.82) is 0 Å². The van der Waals surface area contributed by atoms with E-state index in [9.17, 15) is 14.4 Å². The van der Waals surface area contributed by atoms with E-state index in [1.54, 1.807) is 48.5 Å². The van der Waals surface area contributed by atoms with Crippen LogP contribution in [0.4, 0.5) is 5.69 Å². The molecule has 1 heterocycles. The first kappa shape index (κ1) is 18.4. The number of anilines is 1. The number of hydrogen-bond donors (Lipinski definition) is 2. The Morgan fingerprint density at radius 2 is 1.67 bits per heavy atom. The molecule has 0 aliphatic rings. The fourth-order valence-corrected chi connectivity index (χ4v) is 2.65. The van der Waals surface area contributed by atoms with E-state index in [0.29, 0.717) is 10.7 Å². The van der Waals surface area contributed by atoms with Crippen LogP contribution in [0.1, 0.15) is 20.7 Å². The average molecular weight is 383 g/mol. The number of esters is 1. The smallest absolute Gasteiger partial charge is 0.339 e. The standard InChI is InChI=1S/C20H15ClN2O4/c1-27-20(26)14-4-2-3-5-17(14)23-19(25)15-10-11-16(22-18(15)24)12-6-8-13(21)9-7-12/h2-11H,1H3,(H,22,24)(H,23,25). The molecule has 0 bridgehead atoms. The maximum Gasteiger partial charge on any atom is 0.339 e. The van der Waals surface area contributed by atoms with Crippen LogP contribution in [0.15, 0.2) is 65.5 Å². The predicted octanol–water partition coefficient (Wildman–Crippen LogP) is 3.73. The molecule has 0 fully saturated rings. The van der Waals surface area contributed by atoms with Gasteiger partial charge in [0.25, 0.3) is 11.5 Å². The number of para-hydroxylation sites is 1. The Labute approximate surface area is 159 Å². The van der Waals surface area contributed by atoms with Gasteiger partial charge in [-0.15, -0.1) is 0 Å². The Morgan fingerprint density at radius 3 is 2.33 bits per heavy atom. The molecule has 3 aromatic rings. The van der Waals surface area contributed by atoms with Crippen LogP contribution in [0, 0.1) is 0 Å². The Kier molecular flexibility index (Phi) is 5.38. The van der Waals surface area contributed by atoms with Gasteiger partial charge in [0.2, 0.25) is 0 Å². The van der Waals surface area contributed by atoms with E-state index in [1.165, 1.54) is 19.2 Å². The number of nitrogens with one attached hydrogen (secondary N) is 2. The lowest BCUT2D eigenvalue weighted by atomic mass is 10.1. The Morgan fingerprint density at radius 1 is 0.963 bits per heavy atom. The molecule has 0 spiro atoms. The molecular formula is C20H15ClN2O4. The number of methoxy groups -OCH3 is 1. The van der Waals surface area contributed by atoms with Gasteiger partial charge in [0.05, 0.1) is 18.4 Å². The van der Waals surface area contributed by atoms with Crippen LogP contribution >= 0.6 is 11.6 Å². The summed E-state index contributed by atoms with van der Waals surface area (Å²) < 4.78 is 4.69. The van der Waals surface area contributed by atoms with E-state index in [2.05, 4.69) is 10.3 Å². The van der Waals surface area contributed by atoms with Gasteiger partial charge in [-0.1, -0.05) is 35.9 Å². The van der Waals surface area contributed by atoms with Gasteiger partial charge in [0.15, 0.2) is 0 Å². The number of rotatable bonds is 4. The van der Waals surface area contributed by atoms with Crippen LogP contribution in [0.2, 0.25) is 5.02 Å². The number of aromatic amines is 1. The van der Waals surface area contributed by atoms with Crippen molar-refractivity contribution in [2.75, 3.05) is 12.4 Å². The van der Waals surface area contributed by atoms with Gasteiger partial charge in [-0.25, -0.2) is 4.79 Å². The number of carbonyl (C=O) groups excluding carboxylic acids is 2. The monoisotopic (exact) mass is 382 g/mol. The first-order chi connectivity index (χ1) is 13.0. The number of hydrogen-bond acceptors (Lipinski definition) is 4. The van der Waals surface area contributed by atoms with Gasteiger partial charge in [0.1, 0.15) is 5.56 Å². The molecule has 0 unspecified atom stereocenters. The number of carbonyl (C=O) groups is 2. The second-order valence-electron chi connectivity index (χ2n) is 5.61. The van der Waals surface area contributed by atoms with Crippen molar-refractivity contribution >= 4 is 29.2 Å². The van der Waals surface area contributed by atoms with Gasteiger partial charge < -0.3 is 15.0 Å². The van der Waals surface area contributed by atoms with Gasteiger partial charge in [-0.2, -0.15) is 0 Å². The maximum atomic E-state index is 12.5. The summed E-state index contributed by atoms with van der Waals surface area (Å²) >= 11 is 5.86. The third-order valence-electron chi connectivity index (χ3n) is 3.89. The van der Waals surface area contributed by atoms with E-state index in [-0.39, 0.29) is 16.8 Å². The van der Waals surface area contributed by atoms with E-state index in [1.807, 2.05) is 0 Å². The molecule has 0 aliphatic heterocycles. The minimum absolute atomic E-state index is 0.0765. The van der Waals surface area contributed by atoms with Crippen LogP contribution in [-0.2, 0) is 4.74 Å². The number of H-pyrrole nitrogens is 1. The maximum absolute atomic E-state index is 12.5. The van der Waals surface area contributed by atoms with Crippen molar-refractivity contribution in [2.24, 2.45) is 0 Å². The van der Waals surface area contributed by atoms with Gasteiger partial charge in [-0.05, 0) is 42.0 Å². The predicted molar refractivity (Wildman–Crippen MR) is 103 cm³/mol. The number of halogens is 1. The zero-order valence-electron chi connectivity index (χ0n) is 14.3. The summed E-state index contributed by atoms with van der Waals surface area (Å²) in [6.07, 6.45) is 0. The van der Waals surface area contributed by atoms with Gasteiger partial charge in [0, 0.05) is 10.7 Å². The third-order valence-corrected chi connectivity index (χ3v) is 4.14. The molecule has 27 heavy (non-hydrogen) atoms. The third kappa shape index (κ3) is 4.07. The van der Waals surface area contributed by atoms with Crippen molar-refractivity contribution in [1.82, 2.24) is 4.98 Å². The molecular weight excluding hydrogens is 368 g/mol. The fraction of sp³-hybridized carbons (Fsp3) is 0.0500. The molecule has 7 heteroatoms. The molecule has 2 aromatic carbocycles. The normalized spacial score (nSPS) is 10.3. The highest BCUT2D eigenvalue weighted by molar-refractivity contribution is 6.30. The van der Waals surface area contributed by atoms with Crippen molar-refractivity contribution in [3.63, 3.8) is 0 Å². The number of aromatic nitrogens is 1. The highest BCUT2D eigenvalue weighted by Crippen LogP contribution is 2.20. The molecule has 3 rings (SSSR count). The number of ether oxygens (including phenoxy) is 1. The summed E-state index contributed by atoms with van der Waals surface area (Å²) in [6.45, 7) is 0. The van der Waals surface area contributed by atoms with E-state index in [4.69, 9.17) is 16.3 Å². The minimum Gasteiger partial charge on any atom is -0.465 e. The molecule has 1 amide bonds. The van der Waals surface area contributed by atoms with Gasteiger partial charge >= 0.3 is 5.97 Å². The van der Waals surface area contributed by atoms with Crippen LogP contribution in [0.3, 0.4) is 0 Å². The van der Waals surface area contributed by atoms with Crippen LogP contribution in [-0.4, -0.2) is 24.0 Å². The van der Waals surface area contributed by atoms with Crippen LogP contribution < -0.4 is 10.9 Å². The average Bonchev–Trinajstić information content (AvgIpc) is 2.68. The molecule has 0 saturated carbocycles. The Hall–Kier alpha value is -3.38. The molecule has 136 valence electrons. The lowest BCUT2D eigenvalue weighted by Crippen LogP contribution is -2.24. The molecule has 0 radical (unpaired) electrons. The summed E-state index contributed by atoms with van der Waals surface area (Å²) in [7, 11) is 1.25. The lowest BCUT2D eigenvalue weighted by molar-refractivity contribution is 0.0602. The quantitative estimate of drug-likeness (QED) is 0.673. The summed E-state index contributed by atoms with van der Waals surface area (Å²) in [4.78, 5) is 39.3. The zero-order chi connectivity index (χ0) is 19.4. The van der Waals surface area contributed by atoms with Crippen molar-refractivity contribution < 1.29 is 14.3 Å². The number of benzene rings is 2. The second kappa shape index (κ2) is 7.88. The van der Waals surface area contributed by atoms with Gasteiger partial charge in [-0.3, -0.25) is 9.59 Å².